The Bertz CT molecular complexity index is 785. The predicted octanol–water partition coefficient (Wildman–Crippen LogP) is 3.26. The van der Waals surface area contributed by atoms with Gasteiger partial charge in [0.25, 0.3) is 0 Å². The standard InChI is InChI=1S/C16H13NO2S/c1-20(18,19)16(12-17)11-13-6-5-9-15(10-13)14-7-3-2-4-8-14/h2-11H,1H3/b16-11+. The molecule has 0 N–H and O–H groups in total. The summed E-state index contributed by atoms with van der Waals surface area (Å²) in [4.78, 5) is -0.234. The first-order chi connectivity index (χ1) is 9.50. The highest BCUT2D eigenvalue weighted by atomic mass is 32.2. The Labute approximate surface area is 118 Å². The van der Waals surface area contributed by atoms with Crippen molar-refractivity contribution in [3.05, 3.63) is 65.1 Å². The van der Waals surface area contributed by atoms with Gasteiger partial charge in [0.2, 0.25) is 0 Å². The van der Waals surface area contributed by atoms with Crippen molar-refractivity contribution in [2.75, 3.05) is 6.26 Å². The lowest BCUT2D eigenvalue weighted by molar-refractivity contribution is 0.609. The fourth-order valence-electron chi connectivity index (χ4n) is 1.81. The third-order valence-corrected chi connectivity index (χ3v) is 3.81. The molecule has 0 fully saturated rings. The Morgan fingerprint density at radius 3 is 2.30 bits per heavy atom. The van der Waals surface area contributed by atoms with Crippen LogP contribution in [0.3, 0.4) is 0 Å². The summed E-state index contributed by atoms with van der Waals surface area (Å²) in [6, 6.07) is 18.9. The van der Waals surface area contributed by atoms with Gasteiger partial charge in [0.15, 0.2) is 9.84 Å². The Morgan fingerprint density at radius 2 is 1.70 bits per heavy atom. The maximum Gasteiger partial charge on any atom is 0.185 e. The third-order valence-electron chi connectivity index (χ3n) is 2.80. The second-order valence-corrected chi connectivity index (χ2v) is 6.37. The minimum Gasteiger partial charge on any atom is -0.223 e. The number of nitriles is 1. The molecule has 100 valence electrons. The molecule has 0 bridgehead atoms. The molecule has 0 atom stereocenters. The number of hydrogen-bond acceptors (Lipinski definition) is 3. The second-order valence-electron chi connectivity index (χ2n) is 4.38. The van der Waals surface area contributed by atoms with Gasteiger partial charge in [-0.25, -0.2) is 8.42 Å². The van der Waals surface area contributed by atoms with E-state index < -0.39 is 9.84 Å². The van der Waals surface area contributed by atoms with Crippen molar-refractivity contribution in [3.8, 4) is 17.2 Å². The first kappa shape index (κ1) is 14.0. The summed E-state index contributed by atoms with van der Waals surface area (Å²) in [5.74, 6) is 0. The van der Waals surface area contributed by atoms with Crippen molar-refractivity contribution >= 4 is 15.9 Å². The van der Waals surface area contributed by atoms with Gasteiger partial charge in [-0.1, -0.05) is 48.5 Å². The van der Waals surface area contributed by atoms with Gasteiger partial charge in [-0.15, -0.1) is 0 Å². The zero-order valence-electron chi connectivity index (χ0n) is 10.9. The van der Waals surface area contributed by atoms with Crippen LogP contribution in [-0.4, -0.2) is 14.7 Å². The largest absolute Gasteiger partial charge is 0.223 e. The highest BCUT2D eigenvalue weighted by molar-refractivity contribution is 7.95. The molecular weight excluding hydrogens is 270 g/mol. The van der Waals surface area contributed by atoms with Crippen LogP contribution in [0.1, 0.15) is 5.56 Å². The molecule has 0 aromatic heterocycles. The van der Waals surface area contributed by atoms with Gasteiger partial charge in [0.1, 0.15) is 11.0 Å². The molecule has 0 unspecified atom stereocenters. The third kappa shape index (κ3) is 3.34. The first-order valence-corrected chi connectivity index (χ1v) is 7.87. The zero-order valence-corrected chi connectivity index (χ0v) is 11.8. The van der Waals surface area contributed by atoms with Crippen molar-refractivity contribution in [1.29, 1.82) is 5.26 Å². The number of benzene rings is 2. The fourth-order valence-corrected chi connectivity index (χ4v) is 2.33. The maximum absolute atomic E-state index is 11.4. The highest BCUT2D eigenvalue weighted by Gasteiger charge is 2.10. The molecular formula is C16H13NO2S. The molecule has 4 heteroatoms. The average Bonchev–Trinajstić information content (AvgIpc) is 2.45. The number of hydrogen-bond donors (Lipinski definition) is 0. The highest BCUT2D eigenvalue weighted by Crippen LogP contribution is 2.21. The van der Waals surface area contributed by atoms with Crippen LogP contribution in [-0.2, 0) is 9.84 Å². The van der Waals surface area contributed by atoms with Gasteiger partial charge < -0.3 is 0 Å². The lowest BCUT2D eigenvalue weighted by Gasteiger charge is -2.03. The van der Waals surface area contributed by atoms with Crippen LogP contribution >= 0.6 is 0 Å². The van der Waals surface area contributed by atoms with E-state index in [1.165, 1.54) is 6.08 Å². The first-order valence-electron chi connectivity index (χ1n) is 5.98. The van der Waals surface area contributed by atoms with E-state index in [0.29, 0.717) is 5.56 Å². The molecule has 0 aliphatic carbocycles. The van der Waals surface area contributed by atoms with E-state index in [9.17, 15) is 8.42 Å². The Hall–Kier alpha value is -2.38. The fraction of sp³-hybridized carbons (Fsp3) is 0.0625. The number of sulfone groups is 1. The normalized spacial score (nSPS) is 11.9. The molecule has 0 saturated carbocycles. The van der Waals surface area contributed by atoms with Crippen LogP contribution in [0, 0.1) is 11.3 Å². The molecule has 2 rings (SSSR count). The molecule has 0 saturated heterocycles. The van der Waals surface area contributed by atoms with Crippen LogP contribution in [0.2, 0.25) is 0 Å². The molecule has 0 heterocycles. The summed E-state index contributed by atoms with van der Waals surface area (Å²) in [5, 5.41) is 8.91. The molecule has 0 aliphatic heterocycles. The summed E-state index contributed by atoms with van der Waals surface area (Å²) in [5.41, 5.74) is 2.71. The Balaban J connectivity index is 2.47. The second kappa shape index (κ2) is 5.72. The monoisotopic (exact) mass is 283 g/mol. The van der Waals surface area contributed by atoms with E-state index in [2.05, 4.69) is 0 Å². The van der Waals surface area contributed by atoms with E-state index in [1.54, 1.807) is 12.1 Å². The van der Waals surface area contributed by atoms with Gasteiger partial charge in [0, 0.05) is 6.26 Å². The topological polar surface area (TPSA) is 57.9 Å². The molecule has 0 spiro atoms. The average molecular weight is 283 g/mol. The number of rotatable bonds is 3. The molecule has 2 aromatic carbocycles. The quantitative estimate of drug-likeness (QED) is 0.812. The van der Waals surface area contributed by atoms with Crippen molar-refractivity contribution in [2.45, 2.75) is 0 Å². The maximum atomic E-state index is 11.4. The summed E-state index contributed by atoms with van der Waals surface area (Å²) in [6.45, 7) is 0. The lowest BCUT2D eigenvalue weighted by atomic mass is 10.0. The van der Waals surface area contributed by atoms with E-state index in [-0.39, 0.29) is 4.91 Å². The SMILES string of the molecule is CS(=O)(=O)/C(C#N)=C/c1cccc(-c2ccccc2)c1. The van der Waals surface area contributed by atoms with Gasteiger partial charge >= 0.3 is 0 Å². The summed E-state index contributed by atoms with van der Waals surface area (Å²) < 4.78 is 22.9. The molecule has 0 aliphatic rings. The van der Waals surface area contributed by atoms with Crippen molar-refractivity contribution < 1.29 is 8.42 Å². The minimum absolute atomic E-state index is 0.234. The van der Waals surface area contributed by atoms with Crippen LogP contribution in [0.4, 0.5) is 0 Å². The number of nitrogens with zero attached hydrogens (tertiary/aromatic N) is 1. The van der Waals surface area contributed by atoms with Crippen molar-refractivity contribution in [2.24, 2.45) is 0 Å². The van der Waals surface area contributed by atoms with E-state index >= 15 is 0 Å². The summed E-state index contributed by atoms with van der Waals surface area (Å²) in [7, 11) is -3.49. The predicted molar refractivity (Wildman–Crippen MR) is 80.3 cm³/mol. The lowest BCUT2D eigenvalue weighted by Crippen LogP contribution is -1.98. The van der Waals surface area contributed by atoms with Crippen LogP contribution in [0.5, 0.6) is 0 Å². The van der Waals surface area contributed by atoms with Gasteiger partial charge in [-0.3, -0.25) is 0 Å². The Morgan fingerprint density at radius 1 is 1.05 bits per heavy atom. The summed E-state index contributed by atoms with van der Waals surface area (Å²) >= 11 is 0. The van der Waals surface area contributed by atoms with Crippen molar-refractivity contribution in [3.63, 3.8) is 0 Å². The van der Waals surface area contributed by atoms with E-state index in [1.807, 2.05) is 48.5 Å². The molecule has 0 amide bonds. The van der Waals surface area contributed by atoms with Crippen LogP contribution in [0.15, 0.2) is 59.5 Å². The van der Waals surface area contributed by atoms with E-state index in [4.69, 9.17) is 5.26 Å². The number of allylic oxidation sites excluding steroid dienone is 1. The minimum atomic E-state index is -3.49. The smallest absolute Gasteiger partial charge is 0.185 e. The van der Waals surface area contributed by atoms with Crippen LogP contribution < -0.4 is 0 Å². The molecule has 20 heavy (non-hydrogen) atoms. The van der Waals surface area contributed by atoms with E-state index in [0.717, 1.165) is 17.4 Å². The van der Waals surface area contributed by atoms with Gasteiger partial charge in [-0.05, 0) is 28.8 Å². The van der Waals surface area contributed by atoms with Crippen molar-refractivity contribution in [1.82, 2.24) is 0 Å². The van der Waals surface area contributed by atoms with Gasteiger partial charge in [0.05, 0.1) is 0 Å². The summed E-state index contributed by atoms with van der Waals surface area (Å²) in [6.07, 6.45) is 2.42. The Kier molecular flexibility index (Phi) is 4.02. The van der Waals surface area contributed by atoms with Crippen LogP contribution in [0.25, 0.3) is 17.2 Å². The molecule has 3 nitrogen and oxygen atoms in total. The molecule has 2 aromatic rings. The zero-order chi connectivity index (χ0) is 14.6. The molecule has 0 radical (unpaired) electrons. The van der Waals surface area contributed by atoms with Gasteiger partial charge in [-0.2, -0.15) is 5.26 Å².